The highest BCUT2D eigenvalue weighted by molar-refractivity contribution is 6.04. The van der Waals surface area contributed by atoms with E-state index in [2.05, 4.69) is 60.5 Å². The smallest absolute Gasteiger partial charge is 0.161 e. The number of benzene rings is 2. The van der Waals surface area contributed by atoms with Crippen LogP contribution in [0.3, 0.4) is 0 Å². The minimum atomic E-state index is 0.674. The van der Waals surface area contributed by atoms with Crippen LogP contribution in [0.25, 0.3) is 55.8 Å². The summed E-state index contributed by atoms with van der Waals surface area (Å²) in [5.41, 5.74) is 9.03. The van der Waals surface area contributed by atoms with Gasteiger partial charge >= 0.3 is 0 Å². The number of nitrogens with one attached hydrogen (secondary N) is 1. The molecule has 0 spiro atoms. The van der Waals surface area contributed by atoms with E-state index in [9.17, 15) is 0 Å². The number of terminal acetylenes is 1. The number of nitrogens with two attached hydrogens (primary N) is 2. The van der Waals surface area contributed by atoms with Crippen LogP contribution in [0, 0.1) is 19.3 Å². The Morgan fingerprint density at radius 2 is 1.64 bits per heavy atom. The third kappa shape index (κ3) is 3.82. The van der Waals surface area contributed by atoms with Gasteiger partial charge in [0, 0.05) is 33.8 Å². The van der Waals surface area contributed by atoms with Gasteiger partial charge in [-0.25, -0.2) is 24.9 Å². The van der Waals surface area contributed by atoms with Crippen molar-refractivity contribution < 1.29 is 0 Å². The standard InChI is InChI=1S/C27H17N7.H4N2/c1-3-17-6-4-7-18(12-17)22-20-10-9-16(2)21(24(20)30-13-29-22)23-19(8-5-11-28-23)25-26-27(33-14-31-25)34-15-32-26;1-2/h1,4-15H,2H3,(H,31,32,33,34);1-2H2. The maximum Gasteiger partial charge on any atom is 0.161 e. The molecule has 0 fully saturated rings. The van der Waals surface area contributed by atoms with E-state index in [4.69, 9.17) is 11.4 Å². The monoisotopic (exact) mass is 471 g/mol. The van der Waals surface area contributed by atoms with E-state index in [1.54, 1.807) is 18.9 Å². The maximum absolute atomic E-state index is 5.62. The molecular weight excluding hydrogens is 450 g/mol. The number of aryl methyl sites for hydroxylation is 1. The SMILES string of the molecule is C#Cc1cccc(-c2ncnc3c(-c4ncccc4-c4ncnc5[nH]cnc45)c(C)ccc23)c1.NN. The summed E-state index contributed by atoms with van der Waals surface area (Å²) in [6.45, 7) is 2.05. The molecule has 0 aliphatic rings. The van der Waals surface area contributed by atoms with Gasteiger partial charge in [0.25, 0.3) is 0 Å². The van der Waals surface area contributed by atoms with Gasteiger partial charge in [-0.1, -0.05) is 30.2 Å². The molecule has 9 heteroatoms. The predicted octanol–water partition coefficient (Wildman–Crippen LogP) is 3.80. The second-order valence-corrected chi connectivity index (χ2v) is 7.82. The Labute approximate surface area is 206 Å². The topological polar surface area (TPSA) is 145 Å². The normalized spacial score (nSPS) is 10.6. The van der Waals surface area contributed by atoms with E-state index in [1.807, 2.05) is 42.5 Å². The van der Waals surface area contributed by atoms with Crippen LogP contribution < -0.4 is 11.7 Å². The van der Waals surface area contributed by atoms with E-state index in [0.29, 0.717) is 16.9 Å². The predicted molar refractivity (Wildman–Crippen MR) is 140 cm³/mol. The summed E-state index contributed by atoms with van der Waals surface area (Å²) in [6, 6.07) is 15.8. The first-order valence-electron chi connectivity index (χ1n) is 11.0. The molecule has 6 rings (SSSR count). The van der Waals surface area contributed by atoms with Crippen molar-refractivity contribution in [2.24, 2.45) is 11.7 Å². The summed E-state index contributed by atoms with van der Waals surface area (Å²) in [5, 5.41) is 0.918. The van der Waals surface area contributed by atoms with Crippen molar-refractivity contribution in [1.82, 2.24) is 34.9 Å². The van der Waals surface area contributed by atoms with Crippen LogP contribution in [0.4, 0.5) is 0 Å². The van der Waals surface area contributed by atoms with E-state index >= 15 is 0 Å². The Balaban J connectivity index is 0.00000130. The summed E-state index contributed by atoms with van der Waals surface area (Å²) in [5.74, 6) is 10.7. The lowest BCUT2D eigenvalue weighted by atomic mass is 9.94. The zero-order chi connectivity index (χ0) is 25.1. The Morgan fingerprint density at radius 1 is 0.806 bits per heavy atom. The highest BCUT2D eigenvalue weighted by Gasteiger charge is 2.20. The summed E-state index contributed by atoms with van der Waals surface area (Å²) in [7, 11) is 0. The van der Waals surface area contributed by atoms with Crippen molar-refractivity contribution in [3.8, 4) is 46.1 Å². The van der Waals surface area contributed by atoms with E-state index in [0.717, 1.165) is 50.1 Å². The second-order valence-electron chi connectivity index (χ2n) is 7.82. The zero-order valence-corrected chi connectivity index (χ0v) is 19.3. The fraction of sp³-hybridized carbons (Fsp3) is 0.0370. The molecule has 0 radical (unpaired) electrons. The van der Waals surface area contributed by atoms with Gasteiger partial charge in [0.1, 0.15) is 23.9 Å². The summed E-state index contributed by atoms with van der Waals surface area (Å²) >= 11 is 0. The van der Waals surface area contributed by atoms with Gasteiger partial charge in [0.2, 0.25) is 0 Å². The van der Waals surface area contributed by atoms with Gasteiger partial charge in [0.05, 0.1) is 23.2 Å². The molecule has 0 saturated carbocycles. The van der Waals surface area contributed by atoms with Crippen LogP contribution >= 0.6 is 0 Å². The molecule has 0 bridgehead atoms. The van der Waals surface area contributed by atoms with Crippen LogP contribution in [-0.2, 0) is 0 Å². The van der Waals surface area contributed by atoms with Crippen LogP contribution in [0.1, 0.15) is 11.1 Å². The van der Waals surface area contributed by atoms with Crippen molar-refractivity contribution in [2.75, 3.05) is 0 Å². The maximum atomic E-state index is 5.62. The first kappa shape index (κ1) is 22.7. The average molecular weight is 472 g/mol. The quantitative estimate of drug-likeness (QED) is 0.201. The highest BCUT2D eigenvalue weighted by Crippen LogP contribution is 2.38. The summed E-state index contributed by atoms with van der Waals surface area (Å²) < 4.78 is 0. The molecule has 174 valence electrons. The van der Waals surface area contributed by atoms with Crippen molar-refractivity contribution in [3.05, 3.63) is 84.8 Å². The molecule has 4 heterocycles. The van der Waals surface area contributed by atoms with Crippen LogP contribution in [0.2, 0.25) is 0 Å². The third-order valence-corrected chi connectivity index (χ3v) is 5.83. The molecule has 9 nitrogen and oxygen atoms in total. The number of rotatable bonds is 3. The van der Waals surface area contributed by atoms with Crippen molar-refractivity contribution in [1.29, 1.82) is 0 Å². The van der Waals surface area contributed by atoms with Crippen LogP contribution in [0.5, 0.6) is 0 Å². The molecule has 0 atom stereocenters. The first-order chi connectivity index (χ1) is 17.7. The number of pyridine rings is 1. The second kappa shape index (κ2) is 9.68. The molecule has 2 aromatic carbocycles. The lowest BCUT2D eigenvalue weighted by Gasteiger charge is -2.14. The molecule has 0 unspecified atom stereocenters. The van der Waals surface area contributed by atoms with Gasteiger partial charge in [-0.3, -0.25) is 16.7 Å². The Morgan fingerprint density at radius 3 is 2.50 bits per heavy atom. The van der Waals surface area contributed by atoms with Crippen molar-refractivity contribution in [2.45, 2.75) is 6.92 Å². The van der Waals surface area contributed by atoms with E-state index in [-0.39, 0.29) is 0 Å². The van der Waals surface area contributed by atoms with Gasteiger partial charge in [-0.05, 0) is 36.8 Å². The van der Waals surface area contributed by atoms with Crippen LogP contribution in [0.15, 0.2) is 73.7 Å². The number of hydrazine groups is 1. The van der Waals surface area contributed by atoms with Gasteiger partial charge in [0.15, 0.2) is 5.65 Å². The Kier molecular flexibility index (Phi) is 6.11. The third-order valence-electron chi connectivity index (χ3n) is 5.83. The minimum Gasteiger partial charge on any atom is -0.329 e. The molecular formula is C27H21N9. The summed E-state index contributed by atoms with van der Waals surface area (Å²) in [4.78, 5) is 30.4. The number of imidazole rings is 1. The molecule has 6 aromatic rings. The first-order valence-corrected chi connectivity index (χ1v) is 11.0. The fourth-order valence-corrected chi connectivity index (χ4v) is 4.27. The lowest BCUT2D eigenvalue weighted by molar-refractivity contribution is 1.19. The lowest BCUT2D eigenvalue weighted by Crippen LogP contribution is -2.02. The van der Waals surface area contributed by atoms with Crippen LogP contribution in [-0.4, -0.2) is 34.9 Å². The number of nitrogens with zero attached hydrogens (tertiary/aromatic N) is 6. The Hall–Kier alpha value is -5.04. The van der Waals surface area contributed by atoms with Gasteiger partial charge < -0.3 is 4.98 Å². The highest BCUT2D eigenvalue weighted by atomic mass is 15.0. The van der Waals surface area contributed by atoms with E-state index in [1.165, 1.54) is 6.33 Å². The molecule has 0 amide bonds. The van der Waals surface area contributed by atoms with Crippen molar-refractivity contribution in [3.63, 3.8) is 0 Å². The number of aromatic amines is 1. The number of aromatic nitrogens is 7. The summed E-state index contributed by atoms with van der Waals surface area (Å²) in [6.07, 6.45) is 12.1. The molecule has 0 saturated heterocycles. The molecule has 5 N–H and O–H groups in total. The van der Waals surface area contributed by atoms with Gasteiger partial charge in [-0.2, -0.15) is 0 Å². The molecule has 0 aliphatic carbocycles. The molecule has 4 aromatic heterocycles. The fourth-order valence-electron chi connectivity index (χ4n) is 4.27. The number of H-pyrrole nitrogens is 1. The largest absolute Gasteiger partial charge is 0.329 e. The number of hydrogen-bond donors (Lipinski definition) is 3. The van der Waals surface area contributed by atoms with Gasteiger partial charge in [-0.15, -0.1) is 6.42 Å². The number of hydrogen-bond acceptors (Lipinski definition) is 8. The van der Waals surface area contributed by atoms with E-state index < -0.39 is 0 Å². The number of fused-ring (bicyclic) bond motifs is 2. The Bertz CT molecular complexity index is 1750. The average Bonchev–Trinajstić information content (AvgIpc) is 3.43. The molecule has 0 aliphatic heterocycles. The zero-order valence-electron chi connectivity index (χ0n) is 19.3. The van der Waals surface area contributed by atoms with Crippen molar-refractivity contribution >= 4 is 22.1 Å². The molecule has 36 heavy (non-hydrogen) atoms. The minimum absolute atomic E-state index is 0.674.